The molecule has 0 aliphatic carbocycles. The predicted octanol–water partition coefficient (Wildman–Crippen LogP) is 2.22. The molecule has 0 atom stereocenters. The van der Waals surface area contributed by atoms with Crippen LogP contribution in [0.5, 0.6) is 0 Å². The minimum Gasteiger partial charge on any atom is -0.452 e. The number of benzene rings is 2. The highest BCUT2D eigenvalue weighted by atomic mass is 19.1. The third-order valence-corrected chi connectivity index (χ3v) is 3.32. The Balaban J connectivity index is 1.80. The maximum atomic E-state index is 13.1. The van der Waals surface area contributed by atoms with Gasteiger partial charge in [-0.3, -0.25) is 9.59 Å². The van der Waals surface area contributed by atoms with Crippen LogP contribution >= 0.6 is 0 Å². The van der Waals surface area contributed by atoms with E-state index in [1.807, 2.05) is 0 Å². The summed E-state index contributed by atoms with van der Waals surface area (Å²) < 4.78 is 30.7. The summed E-state index contributed by atoms with van der Waals surface area (Å²) in [5.74, 6) is -2.98. The topological polar surface area (TPSA) is 75.7 Å². The van der Waals surface area contributed by atoms with Crippen molar-refractivity contribution in [2.24, 2.45) is 0 Å². The van der Waals surface area contributed by atoms with Crippen LogP contribution in [0, 0.1) is 11.6 Å². The van der Waals surface area contributed by atoms with Crippen molar-refractivity contribution in [3.63, 3.8) is 0 Å². The molecule has 2 amide bonds. The molecule has 6 nitrogen and oxygen atoms in total. The van der Waals surface area contributed by atoms with Crippen LogP contribution < -0.4 is 5.32 Å². The molecule has 0 fully saturated rings. The van der Waals surface area contributed by atoms with Crippen LogP contribution in [0.25, 0.3) is 0 Å². The molecule has 0 heterocycles. The molecule has 136 valence electrons. The molecule has 8 heteroatoms. The largest absolute Gasteiger partial charge is 0.452 e. The van der Waals surface area contributed by atoms with E-state index in [0.29, 0.717) is 5.69 Å². The first-order valence-electron chi connectivity index (χ1n) is 7.57. The van der Waals surface area contributed by atoms with Crippen LogP contribution in [0.2, 0.25) is 0 Å². The number of likely N-dealkylation sites (N-methyl/N-ethyl adjacent to an activating group) is 1. The van der Waals surface area contributed by atoms with Crippen molar-refractivity contribution < 1.29 is 27.9 Å². The Morgan fingerprint density at radius 2 is 1.73 bits per heavy atom. The number of carbonyl (C=O) groups is 3. The lowest BCUT2D eigenvalue weighted by Gasteiger charge is -2.16. The zero-order valence-electron chi connectivity index (χ0n) is 13.9. The van der Waals surface area contributed by atoms with Gasteiger partial charge in [0, 0.05) is 12.7 Å². The molecule has 0 saturated carbocycles. The second-order valence-corrected chi connectivity index (χ2v) is 5.39. The highest BCUT2D eigenvalue weighted by Gasteiger charge is 2.16. The molecule has 0 aliphatic rings. The van der Waals surface area contributed by atoms with Crippen molar-refractivity contribution in [2.45, 2.75) is 0 Å². The lowest BCUT2D eigenvalue weighted by atomic mass is 10.2. The summed E-state index contributed by atoms with van der Waals surface area (Å²) in [4.78, 5) is 36.6. The number of ether oxygens (including phenoxy) is 1. The summed E-state index contributed by atoms with van der Waals surface area (Å²) in [6, 6.07) is 10.0. The predicted molar refractivity (Wildman–Crippen MR) is 89.3 cm³/mol. The maximum absolute atomic E-state index is 13.1. The van der Waals surface area contributed by atoms with Gasteiger partial charge in [0.15, 0.2) is 6.61 Å². The number of anilines is 1. The van der Waals surface area contributed by atoms with E-state index >= 15 is 0 Å². The highest BCUT2D eigenvalue weighted by molar-refractivity contribution is 5.95. The van der Waals surface area contributed by atoms with Crippen molar-refractivity contribution in [2.75, 3.05) is 25.5 Å². The van der Waals surface area contributed by atoms with Gasteiger partial charge in [-0.25, -0.2) is 13.6 Å². The summed E-state index contributed by atoms with van der Waals surface area (Å²) >= 11 is 0. The number of rotatable bonds is 6. The normalized spacial score (nSPS) is 10.1. The third kappa shape index (κ3) is 5.66. The molecule has 26 heavy (non-hydrogen) atoms. The molecule has 0 bridgehead atoms. The Labute approximate surface area is 148 Å². The molecule has 2 aromatic rings. The number of hydrogen-bond acceptors (Lipinski definition) is 4. The molecule has 2 aromatic carbocycles. The van der Waals surface area contributed by atoms with Gasteiger partial charge in [-0.05, 0) is 42.5 Å². The van der Waals surface area contributed by atoms with E-state index in [4.69, 9.17) is 4.74 Å². The van der Waals surface area contributed by atoms with Crippen molar-refractivity contribution in [1.29, 1.82) is 0 Å². The fourth-order valence-electron chi connectivity index (χ4n) is 1.97. The zero-order chi connectivity index (χ0) is 19.1. The Kier molecular flexibility index (Phi) is 6.37. The minimum atomic E-state index is -0.845. The molecule has 0 radical (unpaired) electrons. The number of amides is 2. The summed E-state index contributed by atoms with van der Waals surface area (Å²) in [6.07, 6.45) is 0. The van der Waals surface area contributed by atoms with E-state index in [0.717, 1.165) is 11.0 Å². The molecule has 1 N–H and O–H groups in total. The lowest BCUT2D eigenvalue weighted by Crippen LogP contribution is -2.37. The molecule has 0 aromatic heterocycles. The molecule has 2 rings (SSSR count). The van der Waals surface area contributed by atoms with Gasteiger partial charge < -0.3 is 15.0 Å². The second-order valence-electron chi connectivity index (χ2n) is 5.39. The van der Waals surface area contributed by atoms with Crippen molar-refractivity contribution in [3.05, 3.63) is 65.7 Å². The number of hydrogen-bond donors (Lipinski definition) is 1. The Bertz CT molecular complexity index is 809. The van der Waals surface area contributed by atoms with Gasteiger partial charge in [-0.15, -0.1) is 0 Å². The van der Waals surface area contributed by atoms with Crippen molar-refractivity contribution >= 4 is 23.5 Å². The Hall–Kier alpha value is -3.29. The average molecular weight is 362 g/mol. The van der Waals surface area contributed by atoms with E-state index in [1.165, 1.54) is 49.5 Å². The zero-order valence-corrected chi connectivity index (χ0v) is 13.9. The quantitative estimate of drug-likeness (QED) is 0.800. The molecule has 0 aliphatic heterocycles. The number of carbonyl (C=O) groups excluding carboxylic acids is 3. The van der Waals surface area contributed by atoms with Crippen LogP contribution in [0.4, 0.5) is 14.5 Å². The van der Waals surface area contributed by atoms with Gasteiger partial charge in [0.05, 0.1) is 12.1 Å². The van der Waals surface area contributed by atoms with E-state index in [1.54, 1.807) is 0 Å². The standard InChI is InChI=1S/C18H16F2N2O4/c1-22(10-16(23)21-15-7-5-13(19)6-8-15)17(24)11-26-18(25)12-3-2-4-14(20)9-12/h2-9H,10-11H2,1H3,(H,21,23). The van der Waals surface area contributed by atoms with E-state index in [9.17, 15) is 23.2 Å². The number of halogens is 2. The van der Waals surface area contributed by atoms with Gasteiger partial charge in [0.25, 0.3) is 5.91 Å². The maximum Gasteiger partial charge on any atom is 0.338 e. The number of esters is 1. The van der Waals surface area contributed by atoms with Crippen molar-refractivity contribution in [1.82, 2.24) is 4.90 Å². The fourth-order valence-corrected chi connectivity index (χ4v) is 1.97. The smallest absolute Gasteiger partial charge is 0.338 e. The van der Waals surface area contributed by atoms with Crippen molar-refractivity contribution in [3.8, 4) is 0 Å². The third-order valence-electron chi connectivity index (χ3n) is 3.32. The van der Waals surface area contributed by atoms with Gasteiger partial charge in [-0.2, -0.15) is 0 Å². The molecule has 0 spiro atoms. The van der Waals surface area contributed by atoms with E-state index in [2.05, 4.69) is 5.32 Å². The first-order chi connectivity index (χ1) is 12.3. The SMILES string of the molecule is CN(CC(=O)Nc1ccc(F)cc1)C(=O)COC(=O)c1cccc(F)c1. The van der Waals surface area contributed by atoms with Crippen LogP contribution in [-0.2, 0) is 14.3 Å². The molecule has 0 unspecified atom stereocenters. The molecular formula is C18H16F2N2O4. The lowest BCUT2D eigenvalue weighted by molar-refractivity contribution is -0.136. The number of nitrogens with one attached hydrogen (secondary N) is 1. The van der Waals surface area contributed by atoms with Crippen LogP contribution in [0.1, 0.15) is 10.4 Å². The summed E-state index contributed by atoms with van der Waals surface area (Å²) in [5, 5.41) is 2.50. The Morgan fingerprint density at radius 1 is 1.04 bits per heavy atom. The second kappa shape index (κ2) is 8.70. The first kappa shape index (κ1) is 19.0. The number of nitrogens with zero attached hydrogens (tertiary/aromatic N) is 1. The van der Waals surface area contributed by atoms with Gasteiger partial charge in [-0.1, -0.05) is 6.07 Å². The Morgan fingerprint density at radius 3 is 2.38 bits per heavy atom. The first-order valence-corrected chi connectivity index (χ1v) is 7.57. The highest BCUT2D eigenvalue weighted by Crippen LogP contribution is 2.08. The van der Waals surface area contributed by atoms with Crippen LogP contribution in [-0.4, -0.2) is 42.9 Å². The average Bonchev–Trinajstić information content (AvgIpc) is 2.61. The molecular weight excluding hydrogens is 346 g/mol. The monoisotopic (exact) mass is 362 g/mol. The minimum absolute atomic E-state index is 0.0190. The van der Waals surface area contributed by atoms with Gasteiger partial charge in [0.2, 0.25) is 5.91 Å². The van der Waals surface area contributed by atoms with E-state index < -0.39 is 36.0 Å². The van der Waals surface area contributed by atoms with E-state index in [-0.39, 0.29) is 12.1 Å². The van der Waals surface area contributed by atoms with Crippen LogP contribution in [0.15, 0.2) is 48.5 Å². The summed E-state index contributed by atoms with van der Waals surface area (Å²) in [5.41, 5.74) is 0.365. The van der Waals surface area contributed by atoms with Gasteiger partial charge in [0.1, 0.15) is 11.6 Å². The molecule has 0 saturated heterocycles. The van der Waals surface area contributed by atoms with Gasteiger partial charge >= 0.3 is 5.97 Å². The van der Waals surface area contributed by atoms with Crippen LogP contribution in [0.3, 0.4) is 0 Å². The summed E-state index contributed by atoms with van der Waals surface area (Å²) in [7, 11) is 1.36. The fraction of sp³-hybridized carbons (Fsp3) is 0.167. The summed E-state index contributed by atoms with van der Waals surface area (Å²) in [6.45, 7) is -0.872.